The van der Waals surface area contributed by atoms with Crippen molar-refractivity contribution in [1.82, 2.24) is 5.32 Å². The third-order valence-electron chi connectivity index (χ3n) is 6.22. The number of rotatable bonds is 3. The zero-order chi connectivity index (χ0) is 20.9. The van der Waals surface area contributed by atoms with Gasteiger partial charge in [0.2, 0.25) is 0 Å². The largest absolute Gasteiger partial charge is 0.396 e. The molecular formula is C22H35BrN2O2S. The van der Waals surface area contributed by atoms with Crippen LogP contribution in [0.3, 0.4) is 0 Å². The van der Waals surface area contributed by atoms with Gasteiger partial charge in [-0.15, -0.1) is 12.6 Å². The molecule has 4 N–H and O–H groups in total. The lowest BCUT2D eigenvalue weighted by atomic mass is 9.48. The molecule has 4 aliphatic carbocycles. The van der Waals surface area contributed by atoms with Crippen LogP contribution < -0.4 is 11.1 Å². The second-order valence-electron chi connectivity index (χ2n) is 9.33. The minimum Gasteiger partial charge on any atom is -0.396 e. The molecule has 28 heavy (non-hydrogen) atoms. The second kappa shape index (κ2) is 10.1. The van der Waals surface area contributed by atoms with E-state index in [-0.39, 0.29) is 0 Å². The highest BCUT2D eigenvalue weighted by Gasteiger charge is 2.54. The van der Waals surface area contributed by atoms with Crippen LogP contribution in [0.5, 0.6) is 0 Å². The van der Waals surface area contributed by atoms with Crippen LogP contribution in [0.2, 0.25) is 0 Å². The summed E-state index contributed by atoms with van der Waals surface area (Å²) in [5.41, 5.74) is 4.86. The Labute approximate surface area is 183 Å². The maximum absolute atomic E-state index is 9.70. The lowest BCUT2D eigenvalue weighted by Gasteiger charge is -2.59. The highest BCUT2D eigenvalue weighted by atomic mass is 79.9. The van der Waals surface area contributed by atoms with E-state index in [0.29, 0.717) is 18.3 Å². The standard InChI is InChI=1S/C12H21NO.C6H5BrS.C4H9NO/c1-13-11-9-2-8-3-10(11)6-12(4-8,5-9)7-14;7-5-3-1-2-4-6(5)8;1-4(2,5)3-6/h8-11,13-14H,2-7H2,1H3;1-4,8H;3H,5H2,1-2H3. The van der Waals surface area contributed by atoms with Crippen LogP contribution in [-0.2, 0) is 4.79 Å². The Morgan fingerprint density at radius 2 is 1.82 bits per heavy atom. The smallest absolute Gasteiger partial charge is 0.139 e. The number of carbonyl (C=O) groups is 1. The Morgan fingerprint density at radius 3 is 2.18 bits per heavy atom. The normalized spacial score (nSPS) is 32.7. The van der Waals surface area contributed by atoms with Gasteiger partial charge in [-0.1, -0.05) is 12.1 Å². The van der Waals surface area contributed by atoms with E-state index in [1.54, 1.807) is 13.8 Å². The summed E-state index contributed by atoms with van der Waals surface area (Å²) >= 11 is 7.47. The highest BCUT2D eigenvalue weighted by molar-refractivity contribution is 9.10. The lowest BCUT2D eigenvalue weighted by Crippen LogP contribution is -2.58. The molecule has 5 rings (SSSR count). The van der Waals surface area contributed by atoms with Gasteiger partial charge in [-0.2, -0.15) is 0 Å². The Bertz CT molecular complexity index is 613. The Kier molecular flexibility index (Phi) is 8.59. The van der Waals surface area contributed by atoms with Crippen LogP contribution in [0.1, 0.15) is 46.0 Å². The number of thiol groups is 1. The number of halogens is 1. The Balaban J connectivity index is 0.000000171. The maximum atomic E-state index is 9.70. The molecule has 1 aromatic carbocycles. The fraction of sp³-hybridized carbons (Fsp3) is 0.682. The molecule has 6 heteroatoms. The van der Waals surface area contributed by atoms with Crippen LogP contribution in [-0.4, -0.2) is 36.6 Å². The summed E-state index contributed by atoms with van der Waals surface area (Å²) in [6.07, 6.45) is 7.43. The molecule has 2 unspecified atom stereocenters. The fourth-order valence-corrected chi connectivity index (χ4v) is 5.75. The molecule has 0 radical (unpaired) electrons. The quantitative estimate of drug-likeness (QED) is 0.396. The zero-order valence-corrected chi connectivity index (χ0v) is 19.7. The third-order valence-corrected chi connectivity index (χ3v) is 7.61. The third kappa shape index (κ3) is 6.30. The molecule has 0 heterocycles. The maximum Gasteiger partial charge on any atom is 0.139 e. The van der Waals surface area contributed by atoms with Crippen LogP contribution in [0, 0.1) is 23.2 Å². The van der Waals surface area contributed by atoms with E-state index < -0.39 is 5.54 Å². The second-order valence-corrected chi connectivity index (χ2v) is 10.7. The molecule has 0 spiro atoms. The predicted molar refractivity (Wildman–Crippen MR) is 122 cm³/mol. The number of nitrogens with two attached hydrogens (primary N) is 1. The average molecular weight is 472 g/mol. The molecule has 1 aromatic rings. The summed E-state index contributed by atoms with van der Waals surface area (Å²) in [6.45, 7) is 3.74. The van der Waals surface area contributed by atoms with Crippen molar-refractivity contribution in [2.45, 2.75) is 62.4 Å². The van der Waals surface area contributed by atoms with E-state index in [2.05, 4.69) is 40.9 Å². The minimum atomic E-state index is -0.639. The molecular weight excluding hydrogens is 436 g/mol. The van der Waals surface area contributed by atoms with Crippen molar-refractivity contribution in [3.05, 3.63) is 28.7 Å². The van der Waals surface area contributed by atoms with Crippen LogP contribution in [0.25, 0.3) is 0 Å². The first-order valence-corrected chi connectivity index (χ1v) is 11.3. The lowest BCUT2D eigenvalue weighted by molar-refractivity contribution is -0.111. The van der Waals surface area contributed by atoms with E-state index in [1.165, 1.54) is 32.1 Å². The summed E-state index contributed by atoms with van der Waals surface area (Å²) in [4.78, 5) is 10.7. The van der Waals surface area contributed by atoms with Crippen molar-refractivity contribution >= 4 is 34.8 Å². The van der Waals surface area contributed by atoms with Crippen LogP contribution >= 0.6 is 28.6 Å². The Morgan fingerprint density at radius 1 is 1.29 bits per heavy atom. The molecule has 4 nitrogen and oxygen atoms in total. The minimum absolute atomic E-state index is 0.337. The molecule has 0 amide bonds. The van der Waals surface area contributed by atoms with E-state index in [1.807, 2.05) is 24.3 Å². The zero-order valence-electron chi connectivity index (χ0n) is 17.2. The van der Waals surface area contributed by atoms with Crippen molar-refractivity contribution in [1.29, 1.82) is 0 Å². The van der Waals surface area contributed by atoms with Gasteiger partial charge in [-0.25, -0.2) is 0 Å². The summed E-state index contributed by atoms with van der Waals surface area (Å²) < 4.78 is 1.04. The summed E-state index contributed by atoms with van der Waals surface area (Å²) in [5, 5.41) is 13.1. The van der Waals surface area contributed by atoms with E-state index in [0.717, 1.165) is 33.2 Å². The van der Waals surface area contributed by atoms with Gasteiger partial charge in [0.1, 0.15) is 6.29 Å². The molecule has 0 aliphatic heterocycles. The first kappa shape index (κ1) is 23.9. The molecule has 4 saturated carbocycles. The van der Waals surface area contributed by atoms with Gasteiger partial charge in [0.05, 0.1) is 5.54 Å². The van der Waals surface area contributed by atoms with Gasteiger partial charge in [0.25, 0.3) is 0 Å². The molecule has 4 aliphatic rings. The topological polar surface area (TPSA) is 75.4 Å². The monoisotopic (exact) mass is 470 g/mol. The van der Waals surface area contributed by atoms with Crippen molar-refractivity contribution in [2.24, 2.45) is 28.9 Å². The van der Waals surface area contributed by atoms with E-state index in [9.17, 15) is 9.90 Å². The number of aliphatic hydroxyl groups excluding tert-OH is 1. The van der Waals surface area contributed by atoms with Gasteiger partial charge in [0.15, 0.2) is 0 Å². The predicted octanol–water partition coefficient (Wildman–Crippen LogP) is 4.05. The number of hydrogen-bond donors (Lipinski definition) is 4. The summed E-state index contributed by atoms with van der Waals surface area (Å²) in [6, 6.07) is 8.57. The Hall–Kier alpha value is -0.400. The van der Waals surface area contributed by atoms with Crippen molar-refractivity contribution in [3.8, 4) is 0 Å². The first-order valence-electron chi connectivity index (χ1n) is 10.1. The number of benzene rings is 1. The number of aliphatic hydroxyl groups is 1. The summed E-state index contributed by atoms with van der Waals surface area (Å²) in [7, 11) is 2.11. The van der Waals surface area contributed by atoms with Gasteiger partial charge in [-0.05, 0) is 104 Å². The SMILES string of the molecule is CC(C)(N)C=O.CNC1C2CC3CC1CC(CO)(C3)C2.Sc1ccccc1Br. The highest BCUT2D eigenvalue weighted by Crippen LogP contribution is 2.59. The average Bonchev–Trinajstić information content (AvgIpc) is 2.64. The van der Waals surface area contributed by atoms with E-state index >= 15 is 0 Å². The fourth-order valence-electron chi connectivity index (χ4n) is 5.31. The van der Waals surface area contributed by atoms with Gasteiger partial charge >= 0.3 is 0 Å². The van der Waals surface area contributed by atoms with Crippen LogP contribution in [0.4, 0.5) is 0 Å². The summed E-state index contributed by atoms with van der Waals surface area (Å²) in [5.74, 6) is 2.65. The number of carbonyl (C=O) groups excluding carboxylic acids is 1. The van der Waals surface area contributed by atoms with Gasteiger partial charge in [0, 0.05) is 22.0 Å². The van der Waals surface area contributed by atoms with Crippen molar-refractivity contribution in [3.63, 3.8) is 0 Å². The van der Waals surface area contributed by atoms with E-state index in [4.69, 9.17) is 5.73 Å². The van der Waals surface area contributed by atoms with Crippen molar-refractivity contribution in [2.75, 3.05) is 13.7 Å². The first-order chi connectivity index (χ1) is 13.1. The molecule has 158 valence electrons. The van der Waals surface area contributed by atoms with Gasteiger partial charge in [-0.3, -0.25) is 0 Å². The number of hydrogen-bond acceptors (Lipinski definition) is 5. The number of nitrogens with one attached hydrogen (secondary N) is 1. The van der Waals surface area contributed by atoms with Crippen LogP contribution in [0.15, 0.2) is 33.6 Å². The molecule has 0 saturated heterocycles. The molecule has 4 fully saturated rings. The molecule has 0 aromatic heterocycles. The number of aldehydes is 1. The molecule has 2 atom stereocenters. The molecule has 4 bridgehead atoms. The van der Waals surface area contributed by atoms with Crippen molar-refractivity contribution < 1.29 is 9.90 Å². The van der Waals surface area contributed by atoms with Gasteiger partial charge < -0.3 is 21.0 Å².